The molecule has 516 valence electrons. The lowest BCUT2D eigenvalue weighted by atomic mass is 10.1. The molecule has 19 nitrogen and oxygen atoms in total. The number of amides is 4. The van der Waals surface area contributed by atoms with Crippen molar-refractivity contribution >= 4 is 41.0 Å². The summed E-state index contributed by atoms with van der Waals surface area (Å²) in [7, 11) is 6.09. The molecule has 6 fully saturated rings. The van der Waals surface area contributed by atoms with E-state index in [1.807, 2.05) is 57.8 Å². The Balaban J connectivity index is 0.000000176. The van der Waals surface area contributed by atoms with Gasteiger partial charge in [0.15, 0.2) is 0 Å². The van der Waals surface area contributed by atoms with Crippen LogP contribution in [0.3, 0.4) is 0 Å². The minimum Gasteiger partial charge on any atom is -0.351 e. The van der Waals surface area contributed by atoms with E-state index in [4.69, 9.17) is 5.73 Å². The first-order valence-electron chi connectivity index (χ1n) is 34.6. The van der Waals surface area contributed by atoms with Crippen LogP contribution >= 0.6 is 0 Å². The van der Waals surface area contributed by atoms with Crippen LogP contribution in [0.25, 0.3) is 0 Å². The van der Waals surface area contributed by atoms with Gasteiger partial charge in [0.05, 0.1) is 24.2 Å². The summed E-state index contributed by atoms with van der Waals surface area (Å²) in [5, 5.41) is 6.65. The first-order valence-corrected chi connectivity index (χ1v) is 34.6. The summed E-state index contributed by atoms with van der Waals surface area (Å²) >= 11 is 0. The molecule has 0 radical (unpaired) electrons. The van der Waals surface area contributed by atoms with E-state index < -0.39 is 0 Å². The number of nitrogens with zero attached hydrogens (tertiary/aromatic N) is 9. The van der Waals surface area contributed by atoms with Crippen LogP contribution in [0.15, 0.2) is 97.1 Å². The van der Waals surface area contributed by atoms with Crippen LogP contribution < -0.4 is 16.4 Å². The largest absolute Gasteiger partial charge is 0.351 e. The second-order valence-corrected chi connectivity index (χ2v) is 28.4. The van der Waals surface area contributed by atoms with Crippen LogP contribution in [0.5, 0.6) is 0 Å². The molecule has 19 heteroatoms. The van der Waals surface area contributed by atoms with E-state index in [9.17, 15) is 33.6 Å². The van der Waals surface area contributed by atoms with Gasteiger partial charge in [0.2, 0.25) is 23.6 Å². The van der Waals surface area contributed by atoms with Crippen molar-refractivity contribution < 1.29 is 33.6 Å². The highest BCUT2D eigenvalue weighted by Gasteiger charge is 2.44. The Morgan fingerprint density at radius 2 is 1.00 bits per heavy atom. The van der Waals surface area contributed by atoms with Crippen molar-refractivity contribution in [1.82, 2.24) is 54.1 Å². The van der Waals surface area contributed by atoms with E-state index in [1.165, 1.54) is 45.0 Å². The van der Waals surface area contributed by atoms with Gasteiger partial charge in [-0.15, -0.1) is 0 Å². The van der Waals surface area contributed by atoms with Gasteiger partial charge in [-0.3, -0.25) is 48.3 Å². The molecule has 95 heavy (non-hydrogen) atoms. The molecular formula is C76H110N12O7. The lowest BCUT2D eigenvalue weighted by Gasteiger charge is -2.35. The molecular weight excluding hydrogens is 1190 g/mol. The SMILES string of the molecule is CC(=O)[C@@H]1C[C@H](N(Cc2cccc(C)c2)C(C)=O)CN1.CC(=O)[C@@H]1C[C@H](N(Cc2cccc(C)c2)C(C)=O)CN1Cc1ccc(C)n1C.CC(=O)[C@@H]1C[C@H](N)CN1C.Cc1cccc(CN(C(=O)CC2CC2)[C@H]2C[C@@H](C(=O)N3CCN[C@H](C)C3)N(Cc3ccc(C)n3C)C2)c1. The number of nitrogens with two attached hydrogens (primary N) is 1. The van der Waals surface area contributed by atoms with E-state index in [0.29, 0.717) is 70.4 Å². The fraction of sp³-hybridized carbons (Fsp3) is 0.566. The fourth-order valence-electron chi connectivity index (χ4n) is 14.6. The highest BCUT2D eigenvalue weighted by Crippen LogP contribution is 2.36. The average molecular weight is 1300 g/mol. The molecule has 7 heterocycles. The van der Waals surface area contributed by atoms with Crippen molar-refractivity contribution in [3.8, 4) is 0 Å². The average Bonchev–Trinajstić information content (AvgIpc) is 1.67. The van der Waals surface area contributed by atoms with Gasteiger partial charge in [0.1, 0.15) is 17.3 Å². The first kappa shape index (κ1) is 73.7. The number of benzene rings is 3. The number of nitrogens with one attached hydrogen (secondary N) is 2. The van der Waals surface area contributed by atoms with E-state index >= 15 is 0 Å². The molecule has 4 amide bonds. The second-order valence-electron chi connectivity index (χ2n) is 28.4. The van der Waals surface area contributed by atoms with Gasteiger partial charge in [0.25, 0.3) is 0 Å². The number of likely N-dealkylation sites (N-methyl/N-ethyl adjacent to an activating group) is 1. The van der Waals surface area contributed by atoms with Crippen LogP contribution in [-0.2, 0) is 80.4 Å². The Kier molecular flexibility index (Phi) is 26.1. The molecule has 6 aliphatic rings. The quantitative estimate of drug-likeness (QED) is 0.0726. The fourth-order valence-corrected chi connectivity index (χ4v) is 14.6. The van der Waals surface area contributed by atoms with Gasteiger partial charge in [-0.05, 0) is 155 Å². The monoisotopic (exact) mass is 1300 g/mol. The number of hydrogen-bond donors (Lipinski definition) is 3. The Hall–Kier alpha value is -7.13. The number of carbonyl (C=O) groups excluding carboxylic acids is 7. The zero-order valence-electron chi connectivity index (χ0n) is 59.4. The van der Waals surface area contributed by atoms with Crippen molar-refractivity contribution in [2.45, 2.75) is 208 Å². The number of hydrogen-bond acceptors (Lipinski definition) is 13. The number of ketones is 3. The first-order chi connectivity index (χ1) is 45.1. The Morgan fingerprint density at radius 3 is 1.40 bits per heavy atom. The number of carbonyl (C=O) groups is 7. The third-order valence-corrected chi connectivity index (χ3v) is 20.4. The summed E-state index contributed by atoms with van der Waals surface area (Å²) in [6.07, 6.45) is 5.89. The number of likely N-dealkylation sites (tertiary alicyclic amines) is 3. The summed E-state index contributed by atoms with van der Waals surface area (Å²) in [6, 6.07) is 33.8. The van der Waals surface area contributed by atoms with Gasteiger partial charge in [-0.25, -0.2) is 0 Å². The minimum absolute atomic E-state index is 0.0300. The van der Waals surface area contributed by atoms with E-state index in [1.54, 1.807) is 34.6 Å². The summed E-state index contributed by atoms with van der Waals surface area (Å²) in [6.45, 7) is 29.2. The normalized spacial score (nSPS) is 23.6. The van der Waals surface area contributed by atoms with Crippen molar-refractivity contribution in [3.63, 3.8) is 0 Å². The van der Waals surface area contributed by atoms with Crippen LogP contribution in [0.4, 0.5) is 0 Å². The van der Waals surface area contributed by atoms with Crippen LogP contribution in [0.2, 0.25) is 0 Å². The van der Waals surface area contributed by atoms with Crippen LogP contribution in [0, 0.1) is 40.5 Å². The Labute approximate surface area is 566 Å². The highest BCUT2D eigenvalue weighted by atomic mass is 16.2. The van der Waals surface area contributed by atoms with E-state index in [2.05, 4.69) is 156 Å². The number of Topliss-reactive ketones (excluding diaryl/α,β-unsaturated/α-hetero) is 3. The molecule has 0 spiro atoms. The predicted octanol–water partition coefficient (Wildman–Crippen LogP) is 7.73. The molecule has 11 rings (SSSR count). The Bertz CT molecular complexity index is 3460. The van der Waals surface area contributed by atoms with E-state index in [-0.39, 0.29) is 89.3 Å². The molecule has 0 unspecified atom stereocenters. The van der Waals surface area contributed by atoms with Gasteiger partial charge in [-0.2, -0.15) is 0 Å². The van der Waals surface area contributed by atoms with Gasteiger partial charge < -0.3 is 45.1 Å². The maximum absolute atomic E-state index is 13.9. The lowest BCUT2D eigenvalue weighted by molar-refractivity contribution is -0.138. The van der Waals surface area contributed by atoms with Gasteiger partial charge in [0, 0.05) is 166 Å². The highest BCUT2D eigenvalue weighted by molar-refractivity contribution is 5.84. The molecule has 1 aliphatic carbocycles. The molecule has 5 aromatic rings. The van der Waals surface area contributed by atoms with Crippen molar-refractivity contribution in [2.75, 3.05) is 52.9 Å². The van der Waals surface area contributed by atoms with Crippen LogP contribution in [0.1, 0.15) is 143 Å². The molecule has 1 saturated carbocycles. The zero-order chi connectivity index (χ0) is 68.9. The molecule has 5 saturated heterocycles. The second kappa shape index (κ2) is 33.7. The van der Waals surface area contributed by atoms with Crippen LogP contribution in [-0.4, -0.2) is 192 Å². The molecule has 0 bridgehead atoms. The maximum atomic E-state index is 13.9. The molecule has 9 atom stereocenters. The van der Waals surface area contributed by atoms with E-state index in [0.717, 1.165) is 76.2 Å². The Morgan fingerprint density at radius 1 is 0.526 bits per heavy atom. The molecule has 3 aromatic carbocycles. The molecule has 5 aliphatic heterocycles. The van der Waals surface area contributed by atoms with Crippen molar-refractivity contribution in [2.24, 2.45) is 25.7 Å². The van der Waals surface area contributed by atoms with Gasteiger partial charge >= 0.3 is 0 Å². The topological polar surface area (TPSA) is 202 Å². The third kappa shape index (κ3) is 20.5. The summed E-state index contributed by atoms with van der Waals surface area (Å²) in [5.74, 6) is 1.66. The minimum atomic E-state index is -0.209. The van der Waals surface area contributed by atoms with Gasteiger partial charge in [-0.1, -0.05) is 89.5 Å². The number of aryl methyl sites for hydroxylation is 5. The standard InChI is InChI=1S/C30H43N5O2.C23H31N3O2.C16H22N2O2.C7H14N2O/c1-21-6-5-7-25(14-21)18-35(29(36)15-24-9-10-24)27-16-28(30(37)33-13-12-31-22(2)17-33)34(20-27)19-26-11-8-23(3)32(26)4;1-16-7-6-8-20(11-16)13-26(19(4)28)22-12-23(18(3)27)25(15-22)14-21-10-9-17(2)24(21)5;1-11-5-4-6-14(7-11)10-18(13(3)20)15-8-16(12(2)19)17-9-15;1-5(10)7-3-6(8)4-9(7)2/h5-8,11,14,22,24,27-28,31H,9-10,12-13,15-20H2,1-4H3;6-11,22-23H,12-15H2,1-5H3;4-7,15-17H,8-10H2,1-3H3;6-7H,3-4,8H2,1-2H3/t22-,27+,28+;22-,23-;15-,16-;6-,7-/m1000/s1. The van der Waals surface area contributed by atoms with Crippen molar-refractivity contribution in [3.05, 3.63) is 153 Å². The smallest absolute Gasteiger partial charge is 0.240 e. The lowest BCUT2D eigenvalue weighted by Crippen LogP contribution is -2.55. The van der Waals surface area contributed by atoms with Crippen molar-refractivity contribution in [1.29, 1.82) is 0 Å². The molecule has 2 aromatic heterocycles. The summed E-state index contributed by atoms with van der Waals surface area (Å²) < 4.78 is 4.38. The molecule has 4 N–H and O–H groups in total. The summed E-state index contributed by atoms with van der Waals surface area (Å²) in [4.78, 5) is 101. The zero-order valence-corrected chi connectivity index (χ0v) is 59.4. The summed E-state index contributed by atoms with van der Waals surface area (Å²) in [5.41, 5.74) is 17.5. The third-order valence-electron chi connectivity index (χ3n) is 20.4. The predicted molar refractivity (Wildman–Crippen MR) is 375 cm³/mol. The number of rotatable bonds is 19. The number of aromatic nitrogens is 2. The maximum Gasteiger partial charge on any atom is 0.240 e. The number of piperazine rings is 1.